The number of aromatic nitrogens is 1. The lowest BCUT2D eigenvalue weighted by Gasteiger charge is -2.22. The number of nitrogens with zero attached hydrogens (tertiary/aromatic N) is 3. The second-order valence-electron chi connectivity index (χ2n) is 6.72. The zero-order valence-electron chi connectivity index (χ0n) is 16.9. The molecule has 0 atom stereocenters. The number of aryl methyl sites for hydroxylation is 1. The van der Waals surface area contributed by atoms with Crippen LogP contribution in [0.15, 0.2) is 64.2 Å². The SMILES string of the molecule is CN=C(NCCc1coc(-c2ccc(C)cc2)n1)N(C)Cc1ccc(F)cc1.I. The first kappa shape index (κ1) is 22.9. The highest BCUT2D eigenvalue weighted by molar-refractivity contribution is 14.0. The summed E-state index contributed by atoms with van der Waals surface area (Å²) in [4.78, 5) is 10.9. The number of hydrogen-bond acceptors (Lipinski definition) is 3. The van der Waals surface area contributed by atoms with Crippen LogP contribution in [0.1, 0.15) is 16.8 Å². The molecular weight excluding hydrogens is 482 g/mol. The Morgan fingerprint density at radius 1 is 1.14 bits per heavy atom. The summed E-state index contributed by atoms with van der Waals surface area (Å²) in [6.07, 6.45) is 2.42. The molecular formula is C22H26FIN4O. The van der Waals surface area contributed by atoms with Crippen molar-refractivity contribution in [2.24, 2.45) is 4.99 Å². The van der Waals surface area contributed by atoms with Crippen molar-refractivity contribution in [1.29, 1.82) is 0 Å². The molecule has 3 aromatic rings. The van der Waals surface area contributed by atoms with Gasteiger partial charge in [0.2, 0.25) is 5.89 Å². The molecule has 0 aliphatic rings. The normalized spacial score (nSPS) is 11.1. The van der Waals surface area contributed by atoms with E-state index in [0.717, 1.165) is 29.2 Å². The zero-order chi connectivity index (χ0) is 19.9. The molecule has 0 aliphatic carbocycles. The Balaban J connectivity index is 0.00000300. The number of rotatable bonds is 6. The van der Waals surface area contributed by atoms with Gasteiger partial charge in [-0.2, -0.15) is 0 Å². The van der Waals surface area contributed by atoms with Crippen LogP contribution in [0.4, 0.5) is 4.39 Å². The minimum absolute atomic E-state index is 0. The second kappa shape index (κ2) is 10.9. The van der Waals surface area contributed by atoms with Gasteiger partial charge in [0.05, 0.1) is 5.69 Å². The number of guanidine groups is 1. The third-order valence-corrected chi connectivity index (χ3v) is 4.42. The Kier molecular flexibility index (Phi) is 8.63. The molecule has 0 fully saturated rings. The molecule has 154 valence electrons. The predicted molar refractivity (Wildman–Crippen MR) is 125 cm³/mol. The van der Waals surface area contributed by atoms with Crippen molar-refractivity contribution in [3.05, 3.63) is 77.4 Å². The van der Waals surface area contributed by atoms with E-state index in [1.165, 1.54) is 17.7 Å². The molecule has 0 spiro atoms. The average Bonchev–Trinajstić information content (AvgIpc) is 3.16. The van der Waals surface area contributed by atoms with Crippen molar-refractivity contribution in [3.8, 4) is 11.5 Å². The Labute approximate surface area is 188 Å². The van der Waals surface area contributed by atoms with E-state index in [0.29, 0.717) is 19.0 Å². The number of nitrogens with one attached hydrogen (secondary N) is 1. The van der Waals surface area contributed by atoms with Gasteiger partial charge in [-0.1, -0.05) is 29.8 Å². The molecule has 5 nitrogen and oxygen atoms in total. The van der Waals surface area contributed by atoms with Crippen LogP contribution >= 0.6 is 24.0 Å². The Hall–Kier alpha value is -2.42. The highest BCUT2D eigenvalue weighted by Gasteiger charge is 2.09. The highest BCUT2D eigenvalue weighted by atomic mass is 127. The fourth-order valence-corrected chi connectivity index (χ4v) is 2.88. The van der Waals surface area contributed by atoms with Crippen molar-refractivity contribution in [2.75, 3.05) is 20.6 Å². The molecule has 0 aliphatic heterocycles. The summed E-state index contributed by atoms with van der Waals surface area (Å²) in [7, 11) is 3.69. The van der Waals surface area contributed by atoms with Crippen LogP contribution in [0.5, 0.6) is 0 Å². The van der Waals surface area contributed by atoms with Crippen molar-refractivity contribution < 1.29 is 8.81 Å². The Bertz CT molecular complexity index is 923. The molecule has 0 bridgehead atoms. The molecule has 2 aromatic carbocycles. The van der Waals surface area contributed by atoms with Gasteiger partial charge < -0.3 is 14.6 Å². The quantitative estimate of drug-likeness (QED) is 0.299. The van der Waals surface area contributed by atoms with Gasteiger partial charge in [-0.15, -0.1) is 24.0 Å². The third-order valence-electron chi connectivity index (χ3n) is 4.42. The summed E-state index contributed by atoms with van der Waals surface area (Å²) in [6.45, 7) is 3.37. The molecule has 29 heavy (non-hydrogen) atoms. The molecule has 0 amide bonds. The maximum Gasteiger partial charge on any atom is 0.226 e. The van der Waals surface area contributed by atoms with Crippen LogP contribution in [0.25, 0.3) is 11.5 Å². The third kappa shape index (κ3) is 6.56. The standard InChI is InChI=1S/C22H25FN4O.HI/c1-16-4-8-18(9-5-16)21-26-20(15-28-21)12-13-25-22(24-2)27(3)14-17-6-10-19(23)11-7-17;/h4-11,15H,12-14H2,1-3H3,(H,24,25);1H. The highest BCUT2D eigenvalue weighted by Crippen LogP contribution is 2.19. The van der Waals surface area contributed by atoms with Gasteiger partial charge in [-0.3, -0.25) is 4.99 Å². The van der Waals surface area contributed by atoms with Gasteiger partial charge in [0, 0.05) is 39.2 Å². The average molecular weight is 508 g/mol. The van der Waals surface area contributed by atoms with Gasteiger partial charge in [0.1, 0.15) is 12.1 Å². The summed E-state index contributed by atoms with van der Waals surface area (Å²) >= 11 is 0. The molecule has 1 heterocycles. The monoisotopic (exact) mass is 508 g/mol. The van der Waals surface area contributed by atoms with E-state index in [-0.39, 0.29) is 29.8 Å². The number of oxazole rings is 1. The van der Waals surface area contributed by atoms with E-state index in [2.05, 4.69) is 22.2 Å². The molecule has 1 N–H and O–H groups in total. The molecule has 0 radical (unpaired) electrons. The predicted octanol–water partition coefficient (Wildman–Crippen LogP) is 4.66. The van der Waals surface area contributed by atoms with E-state index in [4.69, 9.17) is 4.42 Å². The van der Waals surface area contributed by atoms with Gasteiger partial charge in [0.15, 0.2) is 5.96 Å². The van der Waals surface area contributed by atoms with Crippen LogP contribution in [0, 0.1) is 12.7 Å². The molecule has 0 saturated heterocycles. The minimum atomic E-state index is -0.230. The number of halogens is 2. The lowest BCUT2D eigenvalue weighted by Crippen LogP contribution is -2.39. The van der Waals surface area contributed by atoms with Gasteiger partial charge in [-0.25, -0.2) is 9.37 Å². The van der Waals surface area contributed by atoms with Gasteiger partial charge >= 0.3 is 0 Å². The number of aliphatic imine (C=N–C) groups is 1. The molecule has 1 aromatic heterocycles. The molecule has 0 unspecified atom stereocenters. The zero-order valence-corrected chi connectivity index (χ0v) is 19.2. The summed E-state index contributed by atoms with van der Waals surface area (Å²) < 4.78 is 18.6. The second-order valence-corrected chi connectivity index (χ2v) is 6.72. The number of hydrogen-bond donors (Lipinski definition) is 1. The van der Waals surface area contributed by atoms with Crippen LogP contribution in [-0.4, -0.2) is 36.5 Å². The fourth-order valence-electron chi connectivity index (χ4n) is 2.88. The van der Waals surface area contributed by atoms with Crippen LogP contribution in [0.2, 0.25) is 0 Å². The first-order chi connectivity index (χ1) is 13.5. The van der Waals surface area contributed by atoms with E-state index in [1.807, 2.05) is 36.2 Å². The van der Waals surface area contributed by atoms with Crippen molar-refractivity contribution in [3.63, 3.8) is 0 Å². The van der Waals surface area contributed by atoms with Crippen LogP contribution in [-0.2, 0) is 13.0 Å². The summed E-state index contributed by atoms with van der Waals surface area (Å²) in [5.74, 6) is 1.17. The van der Waals surface area contributed by atoms with Crippen molar-refractivity contribution in [2.45, 2.75) is 19.9 Å². The molecule has 7 heteroatoms. The minimum Gasteiger partial charge on any atom is -0.444 e. The van der Waals surface area contributed by atoms with E-state index in [9.17, 15) is 4.39 Å². The first-order valence-electron chi connectivity index (χ1n) is 9.23. The maximum atomic E-state index is 13.0. The summed E-state index contributed by atoms with van der Waals surface area (Å²) in [5, 5.41) is 3.33. The van der Waals surface area contributed by atoms with Crippen molar-refractivity contribution in [1.82, 2.24) is 15.2 Å². The fraction of sp³-hybridized carbons (Fsp3) is 0.273. The number of benzene rings is 2. The summed E-state index contributed by atoms with van der Waals surface area (Å²) in [6, 6.07) is 14.6. The topological polar surface area (TPSA) is 53.7 Å². The molecule has 0 saturated carbocycles. The Morgan fingerprint density at radius 3 is 2.48 bits per heavy atom. The summed E-state index contributed by atoms with van der Waals surface area (Å²) in [5.41, 5.74) is 4.08. The maximum absolute atomic E-state index is 13.0. The van der Waals surface area contributed by atoms with Crippen molar-refractivity contribution >= 4 is 29.9 Å². The largest absolute Gasteiger partial charge is 0.444 e. The van der Waals surface area contributed by atoms with E-state index in [1.54, 1.807) is 25.4 Å². The van der Waals surface area contributed by atoms with E-state index < -0.39 is 0 Å². The van der Waals surface area contributed by atoms with E-state index >= 15 is 0 Å². The van der Waals surface area contributed by atoms with Gasteiger partial charge in [-0.05, 0) is 36.8 Å². The van der Waals surface area contributed by atoms with Crippen LogP contribution in [0.3, 0.4) is 0 Å². The Morgan fingerprint density at radius 2 is 1.83 bits per heavy atom. The first-order valence-corrected chi connectivity index (χ1v) is 9.23. The van der Waals surface area contributed by atoms with Gasteiger partial charge in [0.25, 0.3) is 0 Å². The lowest BCUT2D eigenvalue weighted by atomic mass is 10.1. The smallest absolute Gasteiger partial charge is 0.226 e. The molecule has 3 rings (SSSR count). The van der Waals surface area contributed by atoms with Crippen LogP contribution < -0.4 is 5.32 Å². The lowest BCUT2D eigenvalue weighted by molar-refractivity contribution is 0.476.